The molecular weight excluding hydrogens is 643 g/mol. The molecule has 230 valence electrons. The predicted molar refractivity (Wildman–Crippen MR) is 162 cm³/mol. The fourth-order valence-electron chi connectivity index (χ4n) is 4.36. The molecule has 1 fully saturated rings. The Kier molecular flexibility index (Phi) is 9.51. The van der Waals surface area contributed by atoms with Crippen LogP contribution in [0.15, 0.2) is 63.9 Å². The second-order valence-electron chi connectivity index (χ2n) is 9.24. The van der Waals surface area contributed by atoms with Gasteiger partial charge in [-0.15, -0.1) is 34.4 Å². The van der Waals surface area contributed by atoms with E-state index >= 15 is 0 Å². The largest absolute Gasteiger partial charge is 0.543 e. The highest BCUT2D eigenvalue weighted by Gasteiger charge is 2.53. The van der Waals surface area contributed by atoms with Gasteiger partial charge in [0.25, 0.3) is 17.7 Å². The number of oxime groups is 1. The number of hydrogen-bond acceptors (Lipinski definition) is 14. The summed E-state index contributed by atoms with van der Waals surface area (Å²) < 4.78 is 1.84. The summed E-state index contributed by atoms with van der Waals surface area (Å²) in [5.74, 6) is -3.12. The average molecular weight is 666 g/mol. The van der Waals surface area contributed by atoms with Crippen LogP contribution in [-0.2, 0) is 25.8 Å². The van der Waals surface area contributed by atoms with E-state index in [2.05, 4.69) is 20.4 Å². The van der Waals surface area contributed by atoms with Gasteiger partial charge in [0.1, 0.15) is 34.4 Å². The Morgan fingerprint density at radius 3 is 2.69 bits per heavy atom. The number of amides is 3. The number of thioether (sulfide) groups is 1. The van der Waals surface area contributed by atoms with E-state index in [0.717, 1.165) is 21.8 Å². The molecule has 1 saturated heterocycles. The maximum atomic E-state index is 13.1. The summed E-state index contributed by atoms with van der Waals surface area (Å²) in [6, 6.07) is 2.63. The topological polar surface area (TPSA) is 220 Å². The molecule has 4 N–H and O–H groups in total. The Morgan fingerprint density at radius 2 is 2.02 bits per heavy atom. The number of β-lactam (4-membered cyclic amide) rings is 1. The van der Waals surface area contributed by atoms with Gasteiger partial charge in [-0.25, -0.2) is 14.5 Å². The van der Waals surface area contributed by atoms with Crippen molar-refractivity contribution in [3.8, 4) is 16.8 Å². The zero-order valence-corrected chi connectivity index (χ0v) is 25.8. The number of carboxylic acids is 1. The molecule has 0 spiro atoms. The lowest BCUT2D eigenvalue weighted by Gasteiger charge is -2.50. The number of nitrogens with zero attached hydrogens (tertiary/aromatic N) is 6. The van der Waals surface area contributed by atoms with E-state index in [0.29, 0.717) is 17.1 Å². The summed E-state index contributed by atoms with van der Waals surface area (Å²) in [7, 11) is 0. The number of nitrogens with two attached hydrogens (primary N) is 1. The van der Waals surface area contributed by atoms with Crippen molar-refractivity contribution in [1.29, 1.82) is 5.26 Å². The lowest BCUT2D eigenvalue weighted by Crippen LogP contribution is -2.71. The fraction of sp³-hybridized carbons (Fsp3) is 0.222. The molecule has 5 heterocycles. The van der Waals surface area contributed by atoms with Crippen LogP contribution in [0.25, 0.3) is 10.6 Å². The van der Waals surface area contributed by atoms with Crippen LogP contribution in [0.5, 0.6) is 0 Å². The van der Waals surface area contributed by atoms with Gasteiger partial charge in [-0.1, -0.05) is 11.2 Å². The lowest BCUT2D eigenvalue weighted by molar-refractivity contribution is -0.686. The molecule has 2 aliphatic rings. The van der Waals surface area contributed by atoms with Gasteiger partial charge >= 0.3 is 0 Å². The number of anilines is 1. The number of nitrogens with one attached hydrogen (secondary N) is 2. The number of nitrogen functional groups attached to an aromatic ring is 1. The van der Waals surface area contributed by atoms with Crippen molar-refractivity contribution in [2.24, 2.45) is 5.16 Å². The molecule has 0 radical (unpaired) electrons. The molecule has 45 heavy (non-hydrogen) atoms. The molecule has 0 bridgehead atoms. The van der Waals surface area contributed by atoms with Gasteiger partial charge in [-0.3, -0.25) is 24.6 Å². The Morgan fingerprint density at radius 1 is 1.27 bits per heavy atom. The minimum Gasteiger partial charge on any atom is -0.543 e. The van der Waals surface area contributed by atoms with Crippen molar-refractivity contribution in [1.82, 2.24) is 25.5 Å². The van der Waals surface area contributed by atoms with Gasteiger partial charge in [0.05, 0.1) is 11.7 Å². The van der Waals surface area contributed by atoms with Crippen molar-refractivity contribution >= 4 is 69.0 Å². The summed E-state index contributed by atoms with van der Waals surface area (Å²) in [6.45, 7) is 2.28. The first-order valence-electron chi connectivity index (χ1n) is 13.1. The minimum absolute atomic E-state index is 0.150. The molecule has 3 aromatic heterocycles. The van der Waals surface area contributed by atoms with Crippen LogP contribution in [0.3, 0.4) is 0 Å². The Hall–Kier alpha value is -5.12. The lowest BCUT2D eigenvalue weighted by atomic mass is 10.0. The molecule has 2 atom stereocenters. The van der Waals surface area contributed by atoms with Crippen LogP contribution < -0.4 is 26.0 Å². The summed E-state index contributed by atoms with van der Waals surface area (Å²) in [5, 5.41) is 32.5. The predicted octanol–water partition coefficient (Wildman–Crippen LogP) is -0.252. The first kappa shape index (κ1) is 31.3. The highest BCUT2D eigenvalue weighted by molar-refractivity contribution is 8.00. The summed E-state index contributed by atoms with van der Waals surface area (Å²) >= 11 is 3.69. The summed E-state index contributed by atoms with van der Waals surface area (Å²) in [6.07, 6.45) is 8.56. The number of carboxylic acid groups (broad SMARTS) is 1. The molecule has 15 nitrogen and oxygen atoms in total. The van der Waals surface area contributed by atoms with E-state index in [-0.39, 0.29) is 40.3 Å². The molecule has 5 rings (SSSR count). The van der Waals surface area contributed by atoms with Crippen molar-refractivity contribution in [2.75, 3.05) is 18.1 Å². The third-order valence-electron chi connectivity index (χ3n) is 6.42. The third kappa shape index (κ3) is 6.69. The van der Waals surface area contributed by atoms with Gasteiger partial charge in [0.15, 0.2) is 36.0 Å². The quantitative estimate of drug-likeness (QED) is 0.0605. The fourth-order valence-corrected chi connectivity index (χ4v) is 7.04. The Labute approximate surface area is 267 Å². The standard InChI is InChI=1S/C27H23N9O6S3/c1-2-42-34-18(16-11-45-27(29)32-16)22(38)33-19-24(39)36-20(26(40)41)15(10-44-25(19)36)4-3-7-35-8-5-14(6-9-35)23-31-17(12-43-23)21(37)30-13-28/h3-6,8-9,11-12,19,25H,2,7,10H2,1H3,(H4-,29,30,32,33,37,38,40,41)/b4-3+,34-18-/t19-,25-/m1/s1. The molecule has 0 aromatic carbocycles. The van der Waals surface area contributed by atoms with Crippen molar-refractivity contribution < 1.29 is 33.7 Å². The van der Waals surface area contributed by atoms with Crippen LogP contribution in [0.1, 0.15) is 23.1 Å². The van der Waals surface area contributed by atoms with Crippen molar-refractivity contribution in [3.05, 3.63) is 70.1 Å². The molecule has 0 saturated carbocycles. The minimum atomic E-state index is -1.50. The van der Waals surface area contributed by atoms with Crippen LogP contribution >= 0.6 is 34.4 Å². The van der Waals surface area contributed by atoms with Crippen LogP contribution in [0.2, 0.25) is 0 Å². The average Bonchev–Trinajstić information content (AvgIpc) is 3.70. The smallest absolute Gasteiger partial charge is 0.283 e. The number of aliphatic carboxylic acids is 1. The zero-order chi connectivity index (χ0) is 32.1. The number of carbonyl (C=O) groups is 4. The van der Waals surface area contributed by atoms with Crippen LogP contribution in [-0.4, -0.2) is 68.0 Å². The molecule has 18 heteroatoms. The maximum Gasteiger partial charge on any atom is 0.283 e. The van der Waals surface area contributed by atoms with E-state index in [1.165, 1.54) is 28.5 Å². The summed E-state index contributed by atoms with van der Waals surface area (Å²) in [5.41, 5.74) is 6.80. The molecule has 3 aromatic rings. The van der Waals surface area contributed by atoms with Gasteiger partial charge in [0, 0.05) is 34.2 Å². The first-order valence-corrected chi connectivity index (χ1v) is 15.9. The highest BCUT2D eigenvalue weighted by Crippen LogP contribution is 2.40. The maximum absolute atomic E-state index is 13.1. The van der Waals surface area contributed by atoms with E-state index in [1.54, 1.807) is 43.0 Å². The van der Waals surface area contributed by atoms with Crippen LogP contribution in [0, 0.1) is 11.5 Å². The molecule has 3 amide bonds. The Bertz CT molecular complexity index is 1790. The second-order valence-corrected chi connectivity index (χ2v) is 12.1. The number of thiazole rings is 2. The van der Waals surface area contributed by atoms with Gasteiger partial charge in [0.2, 0.25) is 0 Å². The number of hydrogen-bond donors (Lipinski definition) is 3. The molecular formula is C27H23N9O6S3. The number of fused-ring (bicyclic) bond motifs is 1. The SMILES string of the molecule is CCO/N=C(\C(=O)N[C@@H]1C(=O)N2C(C(=O)[O-])=C(/C=C/C[n+]3ccc(-c4nc(C(=O)NC#N)cs4)cc3)CS[C@H]12)c1csc(N)n1. The monoisotopic (exact) mass is 665 g/mol. The number of rotatable bonds is 11. The normalized spacial score (nSPS) is 17.8. The van der Waals surface area contributed by atoms with E-state index in [1.807, 2.05) is 22.0 Å². The molecule has 0 aliphatic carbocycles. The van der Waals surface area contributed by atoms with Crippen molar-refractivity contribution in [2.45, 2.75) is 24.9 Å². The third-order valence-corrected chi connectivity index (χ3v) is 9.29. The number of allylic oxidation sites excluding steroid dienone is 2. The second kappa shape index (κ2) is 13.7. The van der Waals surface area contributed by atoms with Crippen LogP contribution in [0.4, 0.5) is 5.13 Å². The zero-order valence-electron chi connectivity index (χ0n) is 23.3. The van der Waals surface area contributed by atoms with E-state index in [4.69, 9.17) is 15.8 Å². The van der Waals surface area contributed by atoms with Gasteiger partial charge in [-0.2, -0.15) is 5.26 Å². The number of carbonyl (C=O) groups excluding carboxylic acids is 4. The van der Waals surface area contributed by atoms with Gasteiger partial charge in [-0.05, 0) is 18.6 Å². The van der Waals surface area contributed by atoms with Crippen molar-refractivity contribution in [3.63, 3.8) is 0 Å². The number of pyridine rings is 1. The molecule has 0 unspecified atom stereocenters. The highest BCUT2D eigenvalue weighted by atomic mass is 32.2. The van der Waals surface area contributed by atoms with E-state index in [9.17, 15) is 24.3 Å². The summed E-state index contributed by atoms with van der Waals surface area (Å²) in [4.78, 5) is 64.5. The first-order chi connectivity index (χ1) is 21.7. The number of nitriles is 1. The number of aromatic nitrogens is 3. The Balaban J connectivity index is 1.24. The van der Waals surface area contributed by atoms with E-state index < -0.39 is 35.1 Å². The molecule has 2 aliphatic heterocycles. The van der Waals surface area contributed by atoms with Gasteiger partial charge < -0.3 is 25.8 Å².